The van der Waals surface area contributed by atoms with Gasteiger partial charge in [-0.3, -0.25) is 9.59 Å². The lowest BCUT2D eigenvalue weighted by molar-refractivity contribution is -0.146. The van der Waals surface area contributed by atoms with Gasteiger partial charge in [0.05, 0.1) is 11.0 Å². The van der Waals surface area contributed by atoms with E-state index >= 15 is 0 Å². The van der Waals surface area contributed by atoms with Gasteiger partial charge < -0.3 is 10.4 Å². The van der Waals surface area contributed by atoms with E-state index in [0.29, 0.717) is 12.1 Å². The Morgan fingerprint density at radius 1 is 1.33 bits per heavy atom. The number of unbranched alkanes of at least 4 members (excludes halogenated alkanes) is 1. The highest BCUT2D eigenvalue weighted by Gasteiger charge is 2.27. The van der Waals surface area contributed by atoms with E-state index in [4.69, 9.17) is 5.11 Å². The van der Waals surface area contributed by atoms with Crippen LogP contribution in [0.1, 0.15) is 49.5 Å². The highest BCUT2D eigenvalue weighted by Crippen LogP contribution is 2.23. The van der Waals surface area contributed by atoms with Crippen LogP contribution in [0, 0.1) is 11.2 Å². The molecule has 1 aromatic rings. The van der Waals surface area contributed by atoms with Crippen molar-refractivity contribution in [1.82, 2.24) is 5.32 Å². The van der Waals surface area contributed by atoms with E-state index in [1.807, 2.05) is 6.92 Å². The van der Waals surface area contributed by atoms with Crippen molar-refractivity contribution in [3.8, 4) is 0 Å². The topological polar surface area (TPSA) is 66.4 Å². The average Bonchev–Trinajstić information content (AvgIpc) is 2.38. The van der Waals surface area contributed by atoms with Crippen molar-refractivity contribution in [2.75, 3.05) is 6.54 Å². The van der Waals surface area contributed by atoms with Crippen molar-refractivity contribution in [2.45, 2.75) is 40.0 Å². The molecule has 21 heavy (non-hydrogen) atoms. The van der Waals surface area contributed by atoms with Gasteiger partial charge in [0.2, 0.25) is 0 Å². The van der Waals surface area contributed by atoms with E-state index < -0.39 is 23.1 Å². The SMILES string of the molecule is CCCCNC(=O)c1ccc(CC(C)(C)C(=O)O)cc1F. The maximum Gasteiger partial charge on any atom is 0.309 e. The van der Waals surface area contributed by atoms with Crippen LogP contribution in [0.15, 0.2) is 18.2 Å². The first-order valence-electron chi connectivity index (χ1n) is 7.08. The molecule has 0 saturated heterocycles. The Bertz CT molecular complexity index is 526. The van der Waals surface area contributed by atoms with Crippen LogP contribution in [0.5, 0.6) is 0 Å². The Balaban J connectivity index is 2.81. The maximum atomic E-state index is 14.0. The number of nitrogens with one attached hydrogen (secondary N) is 1. The molecule has 5 heteroatoms. The zero-order chi connectivity index (χ0) is 16.0. The van der Waals surface area contributed by atoms with E-state index in [0.717, 1.165) is 12.8 Å². The van der Waals surface area contributed by atoms with E-state index in [2.05, 4.69) is 5.32 Å². The summed E-state index contributed by atoms with van der Waals surface area (Å²) >= 11 is 0. The van der Waals surface area contributed by atoms with Gasteiger partial charge >= 0.3 is 5.97 Å². The second-order valence-electron chi connectivity index (χ2n) is 5.79. The van der Waals surface area contributed by atoms with Crippen molar-refractivity contribution in [3.05, 3.63) is 35.1 Å². The monoisotopic (exact) mass is 295 g/mol. The number of aliphatic carboxylic acids is 1. The molecule has 0 aliphatic carbocycles. The fourth-order valence-electron chi connectivity index (χ4n) is 1.91. The molecule has 0 aromatic heterocycles. The number of amides is 1. The summed E-state index contributed by atoms with van der Waals surface area (Å²) < 4.78 is 14.0. The molecule has 1 aromatic carbocycles. The lowest BCUT2D eigenvalue weighted by Crippen LogP contribution is -2.27. The highest BCUT2D eigenvalue weighted by molar-refractivity contribution is 5.94. The molecule has 1 amide bonds. The number of carbonyl (C=O) groups is 2. The zero-order valence-electron chi connectivity index (χ0n) is 12.7. The van der Waals surface area contributed by atoms with Crippen LogP contribution in [0.25, 0.3) is 0 Å². The Kier molecular flexibility index (Phi) is 5.88. The third-order valence-electron chi connectivity index (χ3n) is 3.32. The number of halogens is 1. The second-order valence-corrected chi connectivity index (χ2v) is 5.79. The zero-order valence-corrected chi connectivity index (χ0v) is 12.7. The minimum Gasteiger partial charge on any atom is -0.481 e. The summed E-state index contributed by atoms with van der Waals surface area (Å²) in [4.78, 5) is 22.9. The van der Waals surface area contributed by atoms with Crippen LogP contribution in [0.3, 0.4) is 0 Å². The van der Waals surface area contributed by atoms with Gasteiger partial charge in [-0.15, -0.1) is 0 Å². The molecule has 0 heterocycles. The Morgan fingerprint density at radius 2 is 2.00 bits per heavy atom. The van der Waals surface area contributed by atoms with Gasteiger partial charge in [-0.1, -0.05) is 19.4 Å². The third-order valence-corrected chi connectivity index (χ3v) is 3.32. The van der Waals surface area contributed by atoms with E-state index in [-0.39, 0.29) is 12.0 Å². The summed E-state index contributed by atoms with van der Waals surface area (Å²) in [6.45, 7) is 5.69. The summed E-state index contributed by atoms with van der Waals surface area (Å²) in [6.07, 6.45) is 2.00. The van der Waals surface area contributed by atoms with Crippen molar-refractivity contribution in [1.29, 1.82) is 0 Å². The largest absolute Gasteiger partial charge is 0.481 e. The van der Waals surface area contributed by atoms with Crippen LogP contribution >= 0.6 is 0 Å². The lowest BCUT2D eigenvalue weighted by atomic mass is 9.85. The minimum atomic E-state index is -0.975. The lowest BCUT2D eigenvalue weighted by Gasteiger charge is -2.19. The molecule has 116 valence electrons. The Labute approximate surface area is 124 Å². The molecule has 1 rings (SSSR count). The first-order chi connectivity index (χ1) is 9.77. The fourth-order valence-corrected chi connectivity index (χ4v) is 1.91. The number of carbonyl (C=O) groups excluding carboxylic acids is 1. The van der Waals surface area contributed by atoms with Crippen molar-refractivity contribution >= 4 is 11.9 Å². The molecule has 2 N–H and O–H groups in total. The predicted octanol–water partition coefficient (Wildman–Crippen LogP) is 3.01. The molecular formula is C16H22FNO3. The molecule has 4 nitrogen and oxygen atoms in total. The number of benzene rings is 1. The molecule has 0 radical (unpaired) electrons. The Morgan fingerprint density at radius 3 is 2.52 bits per heavy atom. The molecule has 0 atom stereocenters. The Hall–Kier alpha value is -1.91. The van der Waals surface area contributed by atoms with Crippen LogP contribution < -0.4 is 5.32 Å². The van der Waals surface area contributed by atoms with E-state index in [1.165, 1.54) is 12.1 Å². The second kappa shape index (κ2) is 7.20. The van der Waals surface area contributed by atoms with Crippen LogP contribution in [0.2, 0.25) is 0 Å². The van der Waals surface area contributed by atoms with Gasteiger partial charge in [0.25, 0.3) is 5.91 Å². The molecule has 0 bridgehead atoms. The number of carboxylic acid groups (broad SMARTS) is 1. The third kappa shape index (κ3) is 4.85. The van der Waals surface area contributed by atoms with Crippen LogP contribution in [-0.4, -0.2) is 23.5 Å². The van der Waals surface area contributed by atoms with Crippen molar-refractivity contribution in [2.24, 2.45) is 5.41 Å². The molecule has 0 aliphatic rings. The van der Waals surface area contributed by atoms with Gasteiger partial charge in [0.15, 0.2) is 0 Å². The van der Waals surface area contributed by atoms with Crippen LogP contribution in [0.4, 0.5) is 4.39 Å². The number of carboxylic acids is 1. The standard InChI is InChI=1S/C16H22FNO3/c1-4-5-8-18-14(19)12-7-6-11(9-13(12)17)10-16(2,3)15(20)21/h6-7,9H,4-5,8,10H2,1-3H3,(H,18,19)(H,20,21). The quantitative estimate of drug-likeness (QED) is 0.760. The average molecular weight is 295 g/mol. The van der Waals surface area contributed by atoms with Gasteiger partial charge in [-0.25, -0.2) is 4.39 Å². The van der Waals surface area contributed by atoms with Crippen LogP contribution in [-0.2, 0) is 11.2 Å². The highest BCUT2D eigenvalue weighted by atomic mass is 19.1. The normalized spacial score (nSPS) is 11.2. The summed E-state index contributed by atoms with van der Waals surface area (Å²) in [5.74, 6) is -2.00. The van der Waals surface area contributed by atoms with Crippen molar-refractivity contribution < 1.29 is 19.1 Å². The molecule has 0 unspecified atom stereocenters. The molecule has 0 saturated carbocycles. The maximum absolute atomic E-state index is 14.0. The smallest absolute Gasteiger partial charge is 0.309 e. The van der Waals surface area contributed by atoms with Gasteiger partial charge in [-0.05, 0) is 44.4 Å². The number of hydrogen-bond donors (Lipinski definition) is 2. The molecule has 0 fully saturated rings. The summed E-state index contributed by atoms with van der Waals surface area (Å²) in [5.41, 5.74) is -0.426. The van der Waals surface area contributed by atoms with Gasteiger partial charge in [0, 0.05) is 6.54 Å². The minimum absolute atomic E-state index is 0.0111. The molecule has 0 aliphatic heterocycles. The fraction of sp³-hybridized carbons (Fsp3) is 0.500. The van der Waals surface area contributed by atoms with Gasteiger partial charge in [-0.2, -0.15) is 0 Å². The first-order valence-corrected chi connectivity index (χ1v) is 7.08. The van der Waals surface area contributed by atoms with Crippen molar-refractivity contribution in [3.63, 3.8) is 0 Å². The van der Waals surface area contributed by atoms with E-state index in [1.54, 1.807) is 19.9 Å². The van der Waals surface area contributed by atoms with Gasteiger partial charge in [0.1, 0.15) is 5.82 Å². The number of hydrogen-bond acceptors (Lipinski definition) is 2. The molecular weight excluding hydrogens is 273 g/mol. The summed E-state index contributed by atoms with van der Waals surface area (Å²) in [6, 6.07) is 4.24. The number of rotatable bonds is 7. The summed E-state index contributed by atoms with van der Waals surface area (Å²) in [7, 11) is 0. The van der Waals surface area contributed by atoms with E-state index in [9.17, 15) is 14.0 Å². The summed E-state index contributed by atoms with van der Waals surface area (Å²) in [5, 5.41) is 11.7. The molecule has 0 spiro atoms. The predicted molar refractivity (Wildman–Crippen MR) is 78.8 cm³/mol. The first kappa shape index (κ1) is 17.1.